The maximum absolute atomic E-state index is 11.9. The third-order valence-corrected chi connectivity index (χ3v) is 2.82. The number of H-pyrrole nitrogens is 1. The Balaban J connectivity index is 1.87. The van der Waals surface area contributed by atoms with E-state index in [0.29, 0.717) is 17.4 Å². The summed E-state index contributed by atoms with van der Waals surface area (Å²) in [5, 5.41) is 19.2. The minimum atomic E-state index is -0.858. The molecule has 20 heavy (non-hydrogen) atoms. The molecule has 1 amide bonds. The molecule has 6 heteroatoms. The minimum Gasteiger partial charge on any atom is -0.467 e. The zero-order valence-electron chi connectivity index (χ0n) is 11.6. The van der Waals surface area contributed by atoms with Crippen molar-refractivity contribution in [1.82, 2.24) is 15.5 Å². The molecule has 6 nitrogen and oxygen atoms in total. The van der Waals surface area contributed by atoms with Crippen molar-refractivity contribution >= 4 is 5.91 Å². The number of furan rings is 1. The molecule has 0 radical (unpaired) electrons. The molecular formula is C14H19N3O3. The first-order chi connectivity index (χ1) is 9.56. The van der Waals surface area contributed by atoms with Crippen LogP contribution in [-0.2, 0) is 6.42 Å². The van der Waals surface area contributed by atoms with Gasteiger partial charge in [-0.15, -0.1) is 0 Å². The van der Waals surface area contributed by atoms with Crippen LogP contribution in [0.5, 0.6) is 0 Å². The summed E-state index contributed by atoms with van der Waals surface area (Å²) in [5.74, 6) is 0.599. The lowest BCUT2D eigenvalue weighted by Gasteiger charge is -2.08. The number of aliphatic hydroxyl groups is 1. The van der Waals surface area contributed by atoms with Gasteiger partial charge in [-0.1, -0.05) is 13.8 Å². The van der Waals surface area contributed by atoms with Crippen LogP contribution in [0.15, 0.2) is 28.9 Å². The Labute approximate surface area is 117 Å². The first-order valence-electron chi connectivity index (χ1n) is 6.60. The van der Waals surface area contributed by atoms with Crippen LogP contribution >= 0.6 is 0 Å². The molecule has 0 aliphatic rings. The zero-order valence-corrected chi connectivity index (χ0v) is 11.6. The smallest absolute Gasteiger partial charge is 0.271 e. The second-order valence-electron chi connectivity index (χ2n) is 5.12. The lowest BCUT2D eigenvalue weighted by molar-refractivity contribution is 0.0896. The predicted octanol–water partition coefficient (Wildman–Crippen LogP) is 1.66. The summed E-state index contributed by atoms with van der Waals surface area (Å²) < 4.78 is 5.06. The van der Waals surface area contributed by atoms with E-state index in [9.17, 15) is 9.90 Å². The first kappa shape index (κ1) is 14.3. The van der Waals surface area contributed by atoms with E-state index in [4.69, 9.17) is 4.42 Å². The highest BCUT2D eigenvalue weighted by molar-refractivity contribution is 5.92. The summed E-state index contributed by atoms with van der Waals surface area (Å²) in [6.07, 6.45) is 1.46. The number of amides is 1. The van der Waals surface area contributed by atoms with Gasteiger partial charge in [-0.2, -0.15) is 5.10 Å². The lowest BCUT2D eigenvalue weighted by Crippen LogP contribution is -2.28. The van der Waals surface area contributed by atoms with Crippen LogP contribution in [-0.4, -0.2) is 27.8 Å². The molecule has 0 bridgehead atoms. The standard InChI is InChI=1S/C14H19N3O3/c1-9(2)6-10-7-11(17-16-10)14(19)15-8-12(18)13-4-3-5-20-13/h3-5,7,9,12,18H,6,8H2,1-2H3,(H,15,19)(H,16,17). The first-order valence-corrected chi connectivity index (χ1v) is 6.60. The molecule has 1 atom stereocenters. The van der Waals surface area contributed by atoms with Gasteiger partial charge in [-0.05, 0) is 30.5 Å². The second-order valence-corrected chi connectivity index (χ2v) is 5.12. The van der Waals surface area contributed by atoms with Crippen molar-refractivity contribution in [2.75, 3.05) is 6.54 Å². The van der Waals surface area contributed by atoms with Gasteiger partial charge in [0.05, 0.1) is 12.8 Å². The summed E-state index contributed by atoms with van der Waals surface area (Å²) >= 11 is 0. The summed E-state index contributed by atoms with van der Waals surface area (Å²) in [6, 6.07) is 5.08. The molecule has 2 aromatic rings. The van der Waals surface area contributed by atoms with Crippen LogP contribution in [0.4, 0.5) is 0 Å². The summed E-state index contributed by atoms with van der Waals surface area (Å²) in [6.45, 7) is 4.28. The van der Waals surface area contributed by atoms with E-state index in [1.807, 2.05) is 0 Å². The van der Waals surface area contributed by atoms with Crippen LogP contribution < -0.4 is 5.32 Å². The molecule has 2 aromatic heterocycles. The maximum Gasteiger partial charge on any atom is 0.271 e. The Morgan fingerprint density at radius 3 is 3.00 bits per heavy atom. The van der Waals surface area contributed by atoms with Gasteiger partial charge in [-0.25, -0.2) is 0 Å². The van der Waals surface area contributed by atoms with Crippen LogP contribution in [0.25, 0.3) is 0 Å². The van der Waals surface area contributed by atoms with Crippen molar-refractivity contribution in [3.05, 3.63) is 41.6 Å². The highest BCUT2D eigenvalue weighted by Crippen LogP contribution is 2.12. The number of aliphatic hydroxyl groups excluding tert-OH is 1. The number of hydrogen-bond acceptors (Lipinski definition) is 4. The minimum absolute atomic E-state index is 0.0821. The summed E-state index contributed by atoms with van der Waals surface area (Å²) in [4.78, 5) is 11.9. The highest BCUT2D eigenvalue weighted by atomic mass is 16.4. The predicted molar refractivity (Wildman–Crippen MR) is 73.1 cm³/mol. The molecule has 2 heterocycles. The number of aromatic amines is 1. The Kier molecular flexibility index (Phi) is 4.57. The van der Waals surface area contributed by atoms with Crippen molar-refractivity contribution < 1.29 is 14.3 Å². The number of carbonyl (C=O) groups is 1. The molecule has 0 saturated heterocycles. The van der Waals surface area contributed by atoms with Gasteiger partial charge < -0.3 is 14.8 Å². The van der Waals surface area contributed by atoms with Crippen molar-refractivity contribution in [3.63, 3.8) is 0 Å². The quantitative estimate of drug-likeness (QED) is 0.749. The SMILES string of the molecule is CC(C)Cc1cc(C(=O)NCC(O)c2ccco2)n[nH]1. The van der Waals surface area contributed by atoms with Crippen molar-refractivity contribution in [2.24, 2.45) is 5.92 Å². The number of carbonyl (C=O) groups excluding carboxylic acids is 1. The van der Waals surface area contributed by atoms with Gasteiger partial charge in [0.15, 0.2) is 0 Å². The van der Waals surface area contributed by atoms with E-state index in [-0.39, 0.29) is 12.5 Å². The monoisotopic (exact) mass is 277 g/mol. The number of aromatic nitrogens is 2. The average molecular weight is 277 g/mol. The number of nitrogens with zero attached hydrogens (tertiary/aromatic N) is 1. The topological polar surface area (TPSA) is 91.2 Å². The van der Waals surface area contributed by atoms with E-state index in [1.54, 1.807) is 18.2 Å². The zero-order chi connectivity index (χ0) is 14.5. The maximum atomic E-state index is 11.9. The van der Waals surface area contributed by atoms with Crippen molar-refractivity contribution in [1.29, 1.82) is 0 Å². The molecular weight excluding hydrogens is 258 g/mol. The van der Waals surface area contributed by atoms with Crippen LogP contribution in [0.1, 0.15) is 41.9 Å². The van der Waals surface area contributed by atoms with Crippen LogP contribution in [0.2, 0.25) is 0 Å². The van der Waals surface area contributed by atoms with Gasteiger partial charge in [0.1, 0.15) is 17.6 Å². The van der Waals surface area contributed by atoms with Crippen molar-refractivity contribution in [2.45, 2.75) is 26.4 Å². The van der Waals surface area contributed by atoms with Gasteiger partial charge >= 0.3 is 0 Å². The largest absolute Gasteiger partial charge is 0.467 e. The van der Waals surface area contributed by atoms with Crippen molar-refractivity contribution in [3.8, 4) is 0 Å². The molecule has 108 valence electrons. The Bertz CT molecular complexity index is 546. The van der Waals surface area contributed by atoms with Gasteiger partial charge in [-0.3, -0.25) is 9.89 Å². The Hall–Kier alpha value is -2.08. The third kappa shape index (κ3) is 3.71. The molecule has 0 aromatic carbocycles. The molecule has 0 aliphatic heterocycles. The molecule has 0 fully saturated rings. The number of rotatable bonds is 6. The fourth-order valence-corrected chi connectivity index (χ4v) is 1.88. The number of hydrogen-bond donors (Lipinski definition) is 3. The van der Waals surface area contributed by atoms with E-state index >= 15 is 0 Å². The van der Waals surface area contributed by atoms with E-state index < -0.39 is 6.10 Å². The van der Waals surface area contributed by atoms with Gasteiger partial charge in [0, 0.05) is 5.69 Å². The number of nitrogens with one attached hydrogen (secondary N) is 2. The molecule has 0 saturated carbocycles. The highest BCUT2D eigenvalue weighted by Gasteiger charge is 2.15. The lowest BCUT2D eigenvalue weighted by atomic mass is 10.1. The normalized spacial score (nSPS) is 12.6. The second kappa shape index (κ2) is 6.38. The van der Waals surface area contributed by atoms with E-state index in [0.717, 1.165) is 12.1 Å². The Morgan fingerprint density at radius 1 is 1.55 bits per heavy atom. The molecule has 0 aliphatic carbocycles. The molecule has 0 spiro atoms. The van der Waals surface area contributed by atoms with Gasteiger partial charge in [0.25, 0.3) is 5.91 Å². The molecule has 1 unspecified atom stereocenters. The van der Waals surface area contributed by atoms with Gasteiger partial charge in [0.2, 0.25) is 0 Å². The fourth-order valence-electron chi connectivity index (χ4n) is 1.88. The molecule has 3 N–H and O–H groups in total. The van der Waals surface area contributed by atoms with Crippen LogP contribution in [0, 0.1) is 5.92 Å². The molecule has 2 rings (SSSR count). The average Bonchev–Trinajstić information content (AvgIpc) is 3.05. The van der Waals surface area contributed by atoms with Crippen LogP contribution in [0.3, 0.4) is 0 Å². The van der Waals surface area contributed by atoms with E-state index in [1.165, 1.54) is 6.26 Å². The summed E-state index contributed by atoms with van der Waals surface area (Å²) in [7, 11) is 0. The fraction of sp³-hybridized carbons (Fsp3) is 0.429. The Morgan fingerprint density at radius 2 is 2.35 bits per heavy atom. The van der Waals surface area contributed by atoms with E-state index in [2.05, 4.69) is 29.4 Å². The summed E-state index contributed by atoms with van der Waals surface area (Å²) in [5.41, 5.74) is 1.25. The third-order valence-electron chi connectivity index (χ3n) is 2.82.